The molecule has 7 heteroatoms. The summed E-state index contributed by atoms with van der Waals surface area (Å²) in [6.07, 6.45) is 0. The summed E-state index contributed by atoms with van der Waals surface area (Å²) in [4.78, 5) is 27.2. The second-order valence-electron chi connectivity index (χ2n) is 7.09. The average Bonchev–Trinajstić information content (AvgIpc) is 3.14. The van der Waals surface area contributed by atoms with Crippen LogP contribution in [0.4, 0.5) is 4.79 Å². The Bertz CT molecular complexity index is 904. The zero-order valence-corrected chi connectivity index (χ0v) is 17.2. The number of aryl methyl sites for hydroxylation is 1. The summed E-state index contributed by atoms with van der Waals surface area (Å²) in [6.45, 7) is 6.26. The number of rotatable bonds is 7. The highest BCUT2D eigenvalue weighted by Gasteiger charge is 2.36. The summed E-state index contributed by atoms with van der Waals surface area (Å²) in [5.41, 5.74) is 2.01. The lowest BCUT2D eigenvalue weighted by Gasteiger charge is -2.32. The van der Waals surface area contributed by atoms with Gasteiger partial charge in [-0.25, -0.2) is 9.59 Å². The molecule has 2 amide bonds. The van der Waals surface area contributed by atoms with E-state index in [4.69, 9.17) is 9.15 Å². The third kappa shape index (κ3) is 4.68. The fourth-order valence-electron chi connectivity index (χ4n) is 3.39. The van der Waals surface area contributed by atoms with Crippen LogP contribution in [0.2, 0.25) is 0 Å². The molecule has 0 saturated heterocycles. The number of esters is 1. The molecule has 0 bridgehead atoms. The Balaban J connectivity index is 1.95. The highest BCUT2D eigenvalue weighted by Crippen LogP contribution is 2.30. The fourth-order valence-corrected chi connectivity index (χ4v) is 3.39. The minimum absolute atomic E-state index is 0.0863. The van der Waals surface area contributed by atoms with Gasteiger partial charge in [0.05, 0.1) is 12.2 Å². The maximum atomic E-state index is 12.8. The van der Waals surface area contributed by atoms with Gasteiger partial charge in [-0.3, -0.25) is 4.90 Å². The van der Waals surface area contributed by atoms with E-state index in [-0.39, 0.29) is 18.7 Å². The van der Waals surface area contributed by atoms with Crippen molar-refractivity contribution in [2.24, 2.45) is 0 Å². The van der Waals surface area contributed by atoms with Crippen LogP contribution in [-0.4, -0.2) is 37.1 Å². The summed E-state index contributed by atoms with van der Waals surface area (Å²) in [6, 6.07) is 12.6. The molecule has 2 N–H and O–H groups in total. The molecule has 0 saturated carbocycles. The van der Waals surface area contributed by atoms with E-state index in [0.29, 0.717) is 29.3 Å². The summed E-state index contributed by atoms with van der Waals surface area (Å²) < 4.78 is 11.0. The zero-order valence-electron chi connectivity index (χ0n) is 17.2. The number of hydrogen-bond acceptors (Lipinski definition) is 5. The van der Waals surface area contributed by atoms with Crippen molar-refractivity contribution < 1.29 is 18.7 Å². The number of amides is 2. The molecule has 0 unspecified atom stereocenters. The van der Waals surface area contributed by atoms with Gasteiger partial charge in [-0.2, -0.15) is 0 Å². The van der Waals surface area contributed by atoms with Crippen LogP contribution in [0.15, 0.2) is 58.2 Å². The largest absolute Gasteiger partial charge is 0.464 e. The Labute approximate surface area is 170 Å². The molecule has 1 aliphatic rings. The first kappa shape index (κ1) is 20.7. The highest BCUT2D eigenvalue weighted by atomic mass is 16.5. The smallest absolute Gasteiger partial charge is 0.338 e. The number of carbonyl (C=O) groups excluding carboxylic acids is 2. The first-order chi connectivity index (χ1) is 13.9. The number of nitrogens with zero attached hydrogens (tertiary/aromatic N) is 1. The van der Waals surface area contributed by atoms with Gasteiger partial charge in [-0.1, -0.05) is 30.3 Å². The van der Waals surface area contributed by atoms with Crippen LogP contribution in [0.5, 0.6) is 0 Å². The van der Waals surface area contributed by atoms with Crippen molar-refractivity contribution in [3.63, 3.8) is 0 Å². The summed E-state index contributed by atoms with van der Waals surface area (Å²) in [7, 11) is 1.95. The summed E-state index contributed by atoms with van der Waals surface area (Å²) in [5, 5.41) is 5.57. The van der Waals surface area contributed by atoms with Crippen LogP contribution in [0.25, 0.3) is 0 Å². The molecule has 2 heterocycles. The van der Waals surface area contributed by atoms with Crippen molar-refractivity contribution in [3.05, 3.63) is 70.8 Å². The Morgan fingerprint density at radius 2 is 1.97 bits per heavy atom. The molecule has 154 valence electrons. The molecule has 0 aliphatic carbocycles. The van der Waals surface area contributed by atoms with Crippen LogP contribution >= 0.6 is 0 Å². The van der Waals surface area contributed by atoms with E-state index in [1.807, 2.05) is 32.2 Å². The molecule has 2 atom stereocenters. The topological polar surface area (TPSA) is 83.8 Å². The quantitative estimate of drug-likeness (QED) is 0.699. The van der Waals surface area contributed by atoms with Gasteiger partial charge in [0.1, 0.15) is 17.6 Å². The molecule has 3 rings (SSSR count). The number of ether oxygens (including phenoxy) is 1. The monoisotopic (exact) mass is 397 g/mol. The average molecular weight is 397 g/mol. The van der Waals surface area contributed by atoms with Gasteiger partial charge in [0.25, 0.3) is 0 Å². The van der Waals surface area contributed by atoms with E-state index in [0.717, 1.165) is 5.56 Å². The number of furan rings is 1. The predicted molar refractivity (Wildman–Crippen MR) is 109 cm³/mol. The van der Waals surface area contributed by atoms with Crippen LogP contribution in [-0.2, 0) is 9.53 Å². The van der Waals surface area contributed by atoms with Crippen molar-refractivity contribution in [2.75, 3.05) is 20.2 Å². The van der Waals surface area contributed by atoms with E-state index in [9.17, 15) is 9.59 Å². The Kier molecular flexibility index (Phi) is 6.39. The maximum Gasteiger partial charge on any atom is 0.338 e. The third-order valence-corrected chi connectivity index (χ3v) is 5.05. The van der Waals surface area contributed by atoms with Crippen LogP contribution in [0.3, 0.4) is 0 Å². The van der Waals surface area contributed by atoms with Gasteiger partial charge >= 0.3 is 12.0 Å². The normalized spacial score (nSPS) is 17.7. The Hall–Kier alpha value is -3.06. The number of nitrogens with one attached hydrogen (secondary N) is 2. The zero-order chi connectivity index (χ0) is 21.0. The van der Waals surface area contributed by atoms with Crippen molar-refractivity contribution in [3.8, 4) is 0 Å². The summed E-state index contributed by atoms with van der Waals surface area (Å²) >= 11 is 0. The van der Waals surface area contributed by atoms with Crippen molar-refractivity contribution >= 4 is 12.0 Å². The molecule has 1 aromatic heterocycles. The summed E-state index contributed by atoms with van der Waals surface area (Å²) in [5.74, 6) is 0.721. The molecule has 0 spiro atoms. The second kappa shape index (κ2) is 8.96. The number of carbonyl (C=O) groups is 2. The molecule has 2 aromatic rings. The lowest BCUT2D eigenvalue weighted by molar-refractivity contribution is -0.139. The fraction of sp³-hybridized carbons (Fsp3) is 0.364. The first-order valence-corrected chi connectivity index (χ1v) is 9.70. The van der Waals surface area contributed by atoms with Gasteiger partial charge in [0.2, 0.25) is 0 Å². The number of likely N-dealkylation sites (N-methyl/N-ethyl adjacent to an activating group) is 1. The molecule has 1 aromatic carbocycles. The lowest BCUT2D eigenvalue weighted by Crippen LogP contribution is -2.48. The van der Waals surface area contributed by atoms with Gasteiger partial charge in [0, 0.05) is 18.3 Å². The van der Waals surface area contributed by atoms with Crippen molar-refractivity contribution in [2.45, 2.75) is 32.9 Å². The van der Waals surface area contributed by atoms with Crippen LogP contribution in [0.1, 0.15) is 43.0 Å². The second-order valence-corrected chi connectivity index (χ2v) is 7.09. The van der Waals surface area contributed by atoms with Crippen molar-refractivity contribution in [1.29, 1.82) is 0 Å². The van der Waals surface area contributed by atoms with Gasteiger partial charge in [0.15, 0.2) is 0 Å². The first-order valence-electron chi connectivity index (χ1n) is 9.70. The highest BCUT2D eigenvalue weighted by molar-refractivity contribution is 5.95. The third-order valence-electron chi connectivity index (χ3n) is 5.05. The van der Waals surface area contributed by atoms with E-state index in [1.54, 1.807) is 19.1 Å². The molecule has 29 heavy (non-hydrogen) atoms. The van der Waals surface area contributed by atoms with E-state index >= 15 is 0 Å². The van der Waals surface area contributed by atoms with E-state index in [2.05, 4.69) is 34.6 Å². The van der Waals surface area contributed by atoms with Crippen LogP contribution in [0, 0.1) is 6.92 Å². The maximum absolute atomic E-state index is 12.8. The number of hydrogen-bond donors (Lipinski definition) is 2. The molecule has 0 fully saturated rings. The van der Waals surface area contributed by atoms with Crippen LogP contribution < -0.4 is 10.6 Å². The Morgan fingerprint density at radius 1 is 1.24 bits per heavy atom. The number of benzene rings is 1. The van der Waals surface area contributed by atoms with Gasteiger partial charge in [-0.15, -0.1) is 0 Å². The molecular weight excluding hydrogens is 370 g/mol. The molecule has 7 nitrogen and oxygen atoms in total. The minimum Gasteiger partial charge on any atom is -0.464 e. The predicted octanol–water partition coefficient (Wildman–Crippen LogP) is 3.45. The van der Waals surface area contributed by atoms with Gasteiger partial charge in [-0.05, 0) is 45.5 Å². The molecule has 1 aliphatic heterocycles. The van der Waals surface area contributed by atoms with E-state index in [1.165, 1.54) is 0 Å². The van der Waals surface area contributed by atoms with Gasteiger partial charge < -0.3 is 19.8 Å². The minimum atomic E-state index is -0.702. The lowest BCUT2D eigenvalue weighted by atomic mass is 9.99. The Morgan fingerprint density at radius 3 is 2.59 bits per heavy atom. The number of urea groups is 1. The SMILES string of the molecule is CCOC(=O)C1=C(CN(C)[C@H](C)c2ccccc2)NC(=O)N[C@@H]1c1ccc(C)o1. The van der Waals surface area contributed by atoms with E-state index < -0.39 is 12.0 Å². The molecular formula is C22H27N3O4. The standard InChI is InChI=1S/C22H27N3O4/c1-5-28-21(26)19-17(13-25(4)15(3)16-9-7-6-8-10-16)23-22(27)24-20(19)18-12-11-14(2)29-18/h6-12,15,20H,5,13H2,1-4H3,(H2,23,24,27)/t15-,20-/m1/s1. The van der Waals surface area contributed by atoms with Crippen molar-refractivity contribution in [1.82, 2.24) is 15.5 Å². The molecule has 0 radical (unpaired) electrons.